The van der Waals surface area contributed by atoms with Crippen LogP contribution in [0, 0.1) is 5.92 Å². The van der Waals surface area contributed by atoms with E-state index in [1.165, 1.54) is 0 Å². The number of benzene rings is 1. The van der Waals surface area contributed by atoms with Crippen LogP contribution in [0.4, 0.5) is 13.2 Å². The van der Waals surface area contributed by atoms with Crippen molar-refractivity contribution in [3.63, 3.8) is 0 Å². The second-order valence-electron chi connectivity index (χ2n) is 10.2. The number of ketones is 1. The van der Waals surface area contributed by atoms with Gasteiger partial charge in [0.15, 0.2) is 28.7 Å². The fraction of sp³-hybridized carbons (Fsp3) is 0.357. The molecule has 0 bridgehead atoms. The second-order valence-corrected chi connectivity index (χ2v) is 11.5. The third-order valence-corrected chi connectivity index (χ3v) is 7.31. The lowest BCUT2D eigenvalue weighted by Crippen LogP contribution is -2.56. The summed E-state index contributed by atoms with van der Waals surface area (Å²) in [4.78, 5) is 48.2. The summed E-state index contributed by atoms with van der Waals surface area (Å²) in [6.07, 6.45) is 2.94. The zero-order valence-corrected chi connectivity index (χ0v) is 25.0. The summed E-state index contributed by atoms with van der Waals surface area (Å²) in [7, 11) is -4.34. The van der Waals surface area contributed by atoms with Crippen LogP contribution in [0.25, 0.3) is 10.8 Å². The number of hydrogen-bond acceptors (Lipinski definition) is 10. The molecule has 2 N–H and O–H groups in total. The number of pyridine rings is 2. The van der Waals surface area contributed by atoms with E-state index in [4.69, 9.17) is 22.5 Å². The predicted octanol–water partition coefficient (Wildman–Crippen LogP) is 2.24. The number of carbonyl (C=O) groups is 3. The molecule has 4 rings (SSSR count). The summed E-state index contributed by atoms with van der Waals surface area (Å²) in [6.45, 7) is 3.20. The number of oxime groups is 1. The Bertz CT molecular complexity index is 1710. The molecule has 13 nitrogen and oxygen atoms in total. The highest BCUT2D eigenvalue weighted by atomic mass is 32.2. The average molecular weight is 655 g/mol. The number of fused-ring (bicyclic) bond motifs is 1. The first-order chi connectivity index (χ1) is 21.0. The van der Waals surface area contributed by atoms with E-state index >= 15 is 0 Å². The molecule has 1 amide bonds. The summed E-state index contributed by atoms with van der Waals surface area (Å²) in [6, 6.07) is 13.5. The Labute approximate surface area is 255 Å². The smallest absolute Gasteiger partial charge is 0.485 e. The maximum atomic E-state index is 13.6. The minimum atomic E-state index is -6.09. The number of nitrogens with zero attached hydrogens (tertiary/aromatic N) is 3. The average Bonchev–Trinajstić information content (AvgIpc) is 3.42. The molecule has 0 fully saturated rings. The van der Waals surface area contributed by atoms with Crippen molar-refractivity contribution in [1.82, 2.24) is 10.3 Å². The lowest BCUT2D eigenvalue weighted by atomic mass is 9.83. The summed E-state index contributed by atoms with van der Waals surface area (Å²) >= 11 is 0. The quantitative estimate of drug-likeness (QED) is 0.186. The summed E-state index contributed by atoms with van der Waals surface area (Å²) in [5, 5.41) is 18.1. The van der Waals surface area contributed by atoms with E-state index in [1.807, 2.05) is 30.3 Å². The van der Waals surface area contributed by atoms with Gasteiger partial charge in [-0.1, -0.05) is 43.3 Å². The van der Waals surface area contributed by atoms with Gasteiger partial charge < -0.3 is 24.6 Å². The molecule has 0 saturated carbocycles. The number of nitrogens with one attached hydrogen (secondary N) is 1. The number of hydrogen-bond donors (Lipinski definition) is 2. The molecular formula is C28H29F3N4O9S. The van der Waals surface area contributed by atoms with Crippen molar-refractivity contribution in [2.45, 2.75) is 43.8 Å². The number of carboxylic acid groups (broad SMARTS) is 1. The van der Waals surface area contributed by atoms with E-state index in [9.17, 15) is 32.7 Å². The van der Waals surface area contributed by atoms with Crippen LogP contribution in [-0.4, -0.2) is 70.2 Å². The van der Waals surface area contributed by atoms with Gasteiger partial charge in [-0.25, -0.2) is 8.42 Å². The molecule has 1 aliphatic heterocycles. The van der Waals surface area contributed by atoms with E-state index in [0.717, 1.165) is 10.8 Å². The van der Waals surface area contributed by atoms with Gasteiger partial charge in [0.2, 0.25) is 5.60 Å². The largest absolute Gasteiger partial charge is 0.741 e. The lowest BCUT2D eigenvalue weighted by molar-refractivity contribution is -0.677. The maximum Gasteiger partial charge on any atom is 0.485 e. The maximum absolute atomic E-state index is 13.6. The minimum absolute atomic E-state index is 0.113. The molecular weight excluding hydrogens is 625 g/mol. The van der Waals surface area contributed by atoms with Crippen molar-refractivity contribution < 1.29 is 59.8 Å². The van der Waals surface area contributed by atoms with E-state index in [0.29, 0.717) is 17.3 Å². The Balaban J connectivity index is 0.000000610. The number of aromatic nitrogens is 2. The number of alkyl halides is 3. The molecule has 3 aromatic rings. The third kappa shape index (κ3) is 8.51. The summed E-state index contributed by atoms with van der Waals surface area (Å²) in [5.74, 6) is -2.34. The van der Waals surface area contributed by atoms with Gasteiger partial charge in [-0.3, -0.25) is 19.4 Å². The van der Waals surface area contributed by atoms with E-state index in [2.05, 4.69) is 15.5 Å². The van der Waals surface area contributed by atoms with Gasteiger partial charge in [0.1, 0.15) is 18.8 Å². The molecule has 0 unspecified atom stereocenters. The first-order valence-corrected chi connectivity index (χ1v) is 14.6. The van der Waals surface area contributed by atoms with Gasteiger partial charge in [-0.05, 0) is 17.5 Å². The van der Waals surface area contributed by atoms with Gasteiger partial charge in [0.25, 0.3) is 5.91 Å². The van der Waals surface area contributed by atoms with Crippen LogP contribution in [0.3, 0.4) is 0 Å². The van der Waals surface area contributed by atoms with Crippen LogP contribution < -0.4 is 14.6 Å². The van der Waals surface area contributed by atoms with Crippen LogP contribution in [-0.2, 0) is 36.4 Å². The molecule has 45 heavy (non-hydrogen) atoms. The monoisotopic (exact) mass is 654 g/mol. The highest BCUT2D eigenvalue weighted by molar-refractivity contribution is 7.86. The van der Waals surface area contributed by atoms with Gasteiger partial charge in [-0.15, -0.1) is 0 Å². The Morgan fingerprint density at radius 3 is 2.40 bits per heavy atom. The van der Waals surface area contributed by atoms with Crippen LogP contribution >= 0.6 is 0 Å². The molecule has 2 aromatic heterocycles. The lowest BCUT2D eigenvalue weighted by Gasteiger charge is -2.30. The number of halogens is 3. The second kappa shape index (κ2) is 14.0. The normalized spacial score (nSPS) is 17.0. The summed E-state index contributed by atoms with van der Waals surface area (Å²) in [5.41, 5.74) is -5.97. The molecule has 1 aromatic carbocycles. The molecule has 3 heterocycles. The van der Waals surface area contributed by atoms with Crippen LogP contribution in [0.1, 0.15) is 32.4 Å². The molecule has 0 saturated heterocycles. The first kappa shape index (κ1) is 34.8. The van der Waals surface area contributed by atoms with Crippen LogP contribution in [0.5, 0.6) is 5.88 Å². The number of rotatable bonds is 10. The zero-order chi connectivity index (χ0) is 33.6. The fourth-order valence-corrected chi connectivity index (χ4v) is 4.22. The molecule has 0 spiro atoms. The molecule has 0 aliphatic carbocycles. The predicted molar refractivity (Wildman–Crippen MR) is 150 cm³/mol. The van der Waals surface area contributed by atoms with E-state index in [-0.39, 0.29) is 12.3 Å². The minimum Gasteiger partial charge on any atom is -0.741 e. The van der Waals surface area contributed by atoms with Crippen LogP contribution in [0.2, 0.25) is 0 Å². The Morgan fingerprint density at radius 1 is 1.16 bits per heavy atom. The van der Waals surface area contributed by atoms with Crippen molar-refractivity contribution in [2.24, 2.45) is 18.1 Å². The number of ether oxygens (including phenoxy) is 1. The van der Waals surface area contributed by atoms with Gasteiger partial charge in [-0.2, -0.15) is 17.7 Å². The zero-order valence-electron chi connectivity index (χ0n) is 24.1. The standard InChI is InChI=1S/C27H28N4O6.CHF3O3S/c1-17(2)27(15-21(30-37-27)25-19-9-5-4-8-18(19)11-12-28-25)26(35)29-20(14-24(33)34)22(32)16-36-23-10-6-7-13-31(23)3;2-1(3,4)8(5,6)7/h4-13,17,20H,14-16H2,1-3H3,(H-,29,33,34,35);(H,5,6,7)/t20-,27+;/m0./s1. The highest BCUT2D eigenvalue weighted by Gasteiger charge is 2.51. The number of amides is 1. The van der Waals surface area contributed by atoms with Crippen LogP contribution in [0.15, 0.2) is 66.1 Å². The SMILES string of the molecule is CC(C)[C@@]1(C(=O)N[C@@H](CC(=O)O)C(=O)COc2cccc[n+]2C)CC(c2nccc3ccccc23)=NO1.O=S(=O)([O-])C(F)(F)F. The van der Waals surface area contributed by atoms with Crippen molar-refractivity contribution in [2.75, 3.05) is 6.61 Å². The number of Topliss-reactive ketones (excluding diaryl/α,β-unsaturated/α-hetero) is 1. The third-order valence-electron chi connectivity index (χ3n) is 6.74. The number of aryl methyl sites for hydroxylation is 1. The van der Waals surface area contributed by atoms with Gasteiger partial charge in [0, 0.05) is 30.0 Å². The molecule has 1 aliphatic rings. The van der Waals surface area contributed by atoms with Crippen molar-refractivity contribution >= 4 is 44.3 Å². The van der Waals surface area contributed by atoms with Crippen molar-refractivity contribution in [3.8, 4) is 5.88 Å². The molecule has 0 radical (unpaired) electrons. The number of carboxylic acids is 1. The molecule has 2 atom stereocenters. The van der Waals surface area contributed by atoms with Crippen molar-refractivity contribution in [1.29, 1.82) is 0 Å². The van der Waals surface area contributed by atoms with E-state index in [1.54, 1.807) is 56.1 Å². The Kier molecular flexibility index (Phi) is 10.8. The number of carbonyl (C=O) groups excluding carboxylic acids is 2. The Hall–Kier alpha value is -4.64. The fourth-order valence-electron chi connectivity index (χ4n) is 4.22. The highest BCUT2D eigenvalue weighted by Crippen LogP contribution is 2.35. The molecule has 17 heteroatoms. The van der Waals surface area contributed by atoms with E-state index < -0.39 is 58.0 Å². The summed E-state index contributed by atoms with van der Waals surface area (Å²) < 4.78 is 66.1. The van der Waals surface area contributed by atoms with Gasteiger partial charge >= 0.3 is 17.4 Å². The first-order valence-electron chi connectivity index (χ1n) is 13.2. The van der Waals surface area contributed by atoms with Gasteiger partial charge in [0.05, 0.1) is 18.2 Å². The van der Waals surface area contributed by atoms with Crippen molar-refractivity contribution in [3.05, 3.63) is 66.6 Å². The topological polar surface area (TPSA) is 188 Å². The number of aliphatic carboxylic acids is 1. The Morgan fingerprint density at radius 2 is 1.80 bits per heavy atom. The molecule has 242 valence electrons.